The third-order valence-corrected chi connectivity index (χ3v) is 6.54. The predicted octanol–water partition coefficient (Wildman–Crippen LogP) is 1.04. The molecule has 3 rings (SSSR count). The molecule has 2 saturated heterocycles. The van der Waals surface area contributed by atoms with E-state index in [1.165, 1.54) is 4.90 Å². The average Bonchev–Trinajstić information content (AvgIpc) is 3.49. The van der Waals surface area contributed by atoms with Gasteiger partial charge in [0.05, 0.1) is 0 Å². The smallest absolute Gasteiger partial charge is 0.342 e. The van der Waals surface area contributed by atoms with Crippen LogP contribution in [-0.4, -0.2) is 65.2 Å². The molecule has 3 N–H and O–H groups in total. The number of carbonyl (C=O) groups is 5. The van der Waals surface area contributed by atoms with E-state index in [0.29, 0.717) is 19.3 Å². The molecular weight excluding hydrogens is 464 g/mol. The Morgan fingerprint density at radius 3 is 2.53 bits per heavy atom. The summed E-state index contributed by atoms with van der Waals surface area (Å²) >= 11 is 0. The highest BCUT2D eigenvalue weighted by molar-refractivity contribution is 6.11. The van der Waals surface area contributed by atoms with Gasteiger partial charge >= 0.3 is 5.97 Å². The molecule has 1 aromatic rings. The van der Waals surface area contributed by atoms with Crippen LogP contribution in [0.3, 0.4) is 0 Å². The molecule has 2 fully saturated rings. The summed E-state index contributed by atoms with van der Waals surface area (Å²) in [6.45, 7) is 6.00. The van der Waals surface area contributed by atoms with Gasteiger partial charge in [-0.05, 0) is 44.1 Å². The van der Waals surface area contributed by atoms with E-state index in [4.69, 9.17) is 4.74 Å². The Labute approximate surface area is 211 Å². The van der Waals surface area contributed by atoms with E-state index < -0.39 is 41.3 Å². The minimum atomic E-state index is -1.82. The van der Waals surface area contributed by atoms with Crippen molar-refractivity contribution in [2.75, 3.05) is 13.1 Å². The molecule has 36 heavy (non-hydrogen) atoms. The maximum atomic E-state index is 13.8. The monoisotopic (exact) mass is 500 g/mol. The summed E-state index contributed by atoms with van der Waals surface area (Å²) in [5.41, 5.74) is -1.06. The van der Waals surface area contributed by atoms with E-state index in [1.54, 1.807) is 19.1 Å². The SMILES string of the molecule is CCNC(=O)[C@]1(C(=O)OCc2ccccc2)CCCN1C(=O)[C@H](CC(C)C)NC(=O)[C@@H]1CCC(=O)N1. The highest BCUT2D eigenvalue weighted by Crippen LogP contribution is 2.33. The van der Waals surface area contributed by atoms with Crippen molar-refractivity contribution >= 4 is 29.6 Å². The molecule has 10 heteroatoms. The molecule has 3 atom stereocenters. The van der Waals surface area contributed by atoms with E-state index in [0.717, 1.165) is 5.56 Å². The summed E-state index contributed by atoms with van der Waals surface area (Å²) < 4.78 is 5.57. The van der Waals surface area contributed by atoms with Gasteiger partial charge in [-0.3, -0.25) is 19.2 Å². The van der Waals surface area contributed by atoms with Gasteiger partial charge < -0.3 is 25.6 Å². The van der Waals surface area contributed by atoms with Crippen LogP contribution in [0.2, 0.25) is 0 Å². The summed E-state index contributed by atoms with van der Waals surface area (Å²) in [7, 11) is 0. The van der Waals surface area contributed by atoms with Gasteiger partial charge in [0.2, 0.25) is 23.3 Å². The Kier molecular flexibility index (Phi) is 9.06. The molecule has 0 radical (unpaired) electrons. The quantitative estimate of drug-likeness (QED) is 0.325. The Bertz CT molecular complexity index is 982. The molecule has 1 aromatic carbocycles. The van der Waals surface area contributed by atoms with Crippen molar-refractivity contribution in [3.63, 3.8) is 0 Å². The van der Waals surface area contributed by atoms with Crippen LogP contribution >= 0.6 is 0 Å². The maximum absolute atomic E-state index is 13.8. The number of esters is 1. The Morgan fingerprint density at radius 1 is 1.19 bits per heavy atom. The third-order valence-electron chi connectivity index (χ3n) is 6.54. The van der Waals surface area contributed by atoms with Crippen LogP contribution in [0.4, 0.5) is 0 Å². The number of nitrogens with zero attached hydrogens (tertiary/aromatic N) is 1. The molecule has 0 aromatic heterocycles. The summed E-state index contributed by atoms with van der Waals surface area (Å²) in [4.78, 5) is 66.3. The highest BCUT2D eigenvalue weighted by Gasteiger charge is 2.57. The van der Waals surface area contributed by atoms with Crippen LogP contribution in [0.1, 0.15) is 58.4 Å². The number of hydrogen-bond acceptors (Lipinski definition) is 6. The number of ether oxygens (including phenoxy) is 1. The van der Waals surface area contributed by atoms with E-state index in [2.05, 4.69) is 16.0 Å². The van der Waals surface area contributed by atoms with E-state index in [-0.39, 0.29) is 44.4 Å². The van der Waals surface area contributed by atoms with Crippen LogP contribution < -0.4 is 16.0 Å². The van der Waals surface area contributed by atoms with Gasteiger partial charge in [0.15, 0.2) is 0 Å². The molecule has 2 aliphatic heterocycles. The lowest BCUT2D eigenvalue weighted by molar-refractivity contribution is -0.168. The first-order chi connectivity index (χ1) is 17.2. The fourth-order valence-electron chi connectivity index (χ4n) is 4.77. The lowest BCUT2D eigenvalue weighted by Gasteiger charge is -2.37. The number of rotatable bonds is 10. The molecule has 0 saturated carbocycles. The lowest BCUT2D eigenvalue weighted by atomic mass is 9.93. The zero-order chi connectivity index (χ0) is 26.3. The molecule has 2 heterocycles. The van der Waals surface area contributed by atoms with Crippen LogP contribution in [0, 0.1) is 5.92 Å². The molecular formula is C26H36N4O6. The maximum Gasteiger partial charge on any atom is 0.342 e. The zero-order valence-electron chi connectivity index (χ0n) is 21.2. The summed E-state index contributed by atoms with van der Waals surface area (Å²) in [5, 5.41) is 8.07. The molecule has 0 spiro atoms. The second-order valence-electron chi connectivity index (χ2n) is 9.72. The summed E-state index contributed by atoms with van der Waals surface area (Å²) in [5.74, 6) is -2.51. The van der Waals surface area contributed by atoms with E-state index in [9.17, 15) is 24.0 Å². The number of amides is 4. The highest BCUT2D eigenvalue weighted by atomic mass is 16.5. The van der Waals surface area contributed by atoms with Crippen LogP contribution in [0.5, 0.6) is 0 Å². The van der Waals surface area contributed by atoms with E-state index >= 15 is 0 Å². The molecule has 4 amide bonds. The first kappa shape index (κ1) is 27.2. The number of likely N-dealkylation sites (tertiary alicyclic amines) is 1. The van der Waals surface area contributed by atoms with Crippen LogP contribution in [-0.2, 0) is 35.3 Å². The Balaban J connectivity index is 1.85. The molecule has 196 valence electrons. The van der Waals surface area contributed by atoms with Crippen molar-refractivity contribution in [1.29, 1.82) is 0 Å². The van der Waals surface area contributed by atoms with Gasteiger partial charge in [-0.2, -0.15) is 0 Å². The van der Waals surface area contributed by atoms with Gasteiger partial charge in [0, 0.05) is 19.5 Å². The van der Waals surface area contributed by atoms with Crippen LogP contribution in [0.15, 0.2) is 30.3 Å². The van der Waals surface area contributed by atoms with Gasteiger partial charge in [0.25, 0.3) is 5.91 Å². The average molecular weight is 501 g/mol. The van der Waals surface area contributed by atoms with Gasteiger partial charge in [-0.1, -0.05) is 44.2 Å². The second kappa shape index (κ2) is 12.0. The zero-order valence-corrected chi connectivity index (χ0v) is 21.2. The Morgan fingerprint density at radius 2 is 1.92 bits per heavy atom. The third kappa shape index (κ3) is 6.03. The predicted molar refractivity (Wildman–Crippen MR) is 131 cm³/mol. The molecule has 2 aliphatic rings. The minimum Gasteiger partial charge on any atom is -0.459 e. The fraction of sp³-hybridized carbons (Fsp3) is 0.577. The van der Waals surface area contributed by atoms with Gasteiger partial charge in [-0.15, -0.1) is 0 Å². The summed E-state index contributed by atoms with van der Waals surface area (Å²) in [6, 6.07) is 7.43. The first-order valence-electron chi connectivity index (χ1n) is 12.6. The van der Waals surface area contributed by atoms with Crippen molar-refractivity contribution in [2.45, 2.75) is 77.1 Å². The van der Waals surface area contributed by atoms with Gasteiger partial charge in [-0.25, -0.2) is 4.79 Å². The van der Waals surface area contributed by atoms with Crippen molar-refractivity contribution in [3.05, 3.63) is 35.9 Å². The molecule has 0 bridgehead atoms. The van der Waals surface area contributed by atoms with Crippen molar-refractivity contribution in [2.24, 2.45) is 5.92 Å². The van der Waals surface area contributed by atoms with E-state index in [1.807, 2.05) is 32.0 Å². The standard InChI is InChI=1S/C26H36N4O6/c1-4-27-24(34)26(25(35)36-16-18-9-6-5-7-10-18)13-8-14-30(26)23(33)20(15-17(2)3)29-22(32)19-11-12-21(31)28-19/h5-7,9-10,17,19-20H,4,8,11-16H2,1-3H3,(H,27,34)(H,28,31)(H,29,32)/t19-,20-,26-/m0/s1. The molecule has 0 unspecified atom stereocenters. The largest absolute Gasteiger partial charge is 0.459 e. The molecule has 0 aliphatic carbocycles. The van der Waals surface area contributed by atoms with Crippen molar-refractivity contribution in [3.8, 4) is 0 Å². The summed E-state index contributed by atoms with van der Waals surface area (Å²) in [6.07, 6.45) is 1.47. The van der Waals surface area contributed by atoms with Crippen molar-refractivity contribution in [1.82, 2.24) is 20.9 Å². The first-order valence-corrected chi connectivity index (χ1v) is 12.6. The number of likely N-dealkylation sites (N-methyl/N-ethyl adjacent to an activating group) is 1. The normalized spacial score (nSPS) is 22.2. The topological polar surface area (TPSA) is 134 Å². The number of carbonyl (C=O) groups excluding carboxylic acids is 5. The minimum absolute atomic E-state index is 0.0314. The molecule has 10 nitrogen and oxygen atoms in total. The fourth-order valence-corrected chi connectivity index (χ4v) is 4.77. The Hall–Kier alpha value is -3.43. The van der Waals surface area contributed by atoms with Gasteiger partial charge in [0.1, 0.15) is 18.7 Å². The number of benzene rings is 1. The number of nitrogens with one attached hydrogen (secondary N) is 3. The van der Waals surface area contributed by atoms with Crippen LogP contribution in [0.25, 0.3) is 0 Å². The lowest BCUT2D eigenvalue weighted by Crippen LogP contribution is -2.65. The number of hydrogen-bond donors (Lipinski definition) is 3. The second-order valence-corrected chi connectivity index (χ2v) is 9.72. The van der Waals surface area contributed by atoms with Crippen molar-refractivity contribution < 1.29 is 28.7 Å².